The highest BCUT2D eigenvalue weighted by Gasteiger charge is 2.19. The number of nitrogens with zero attached hydrogens (tertiary/aromatic N) is 1. The lowest BCUT2D eigenvalue weighted by molar-refractivity contribution is -0.149. The fraction of sp³-hybridized carbons (Fsp3) is 0.961. The minimum Gasteiger partial charge on any atom is -0.466 e. The highest BCUT2D eigenvalue weighted by Crippen LogP contribution is 2.24. The van der Waals surface area contributed by atoms with Crippen LogP contribution < -0.4 is 0 Å². The van der Waals surface area contributed by atoms with Gasteiger partial charge in [-0.1, -0.05) is 201 Å². The van der Waals surface area contributed by atoms with Crippen LogP contribution in [0.25, 0.3) is 0 Å². The SMILES string of the molecule is CCCCCC(CCCCC)CCOCCCCCCCCCC(CCCCCCCCC(=O)OCCC(CCCCC)CCCCC)C(=O)OCCCN(C)C. The molecule has 0 aromatic heterocycles. The quantitative estimate of drug-likeness (QED) is 0.0451. The zero-order valence-corrected chi connectivity index (χ0v) is 39.5. The molecule has 0 spiro atoms. The first-order valence-corrected chi connectivity index (χ1v) is 25.4. The maximum Gasteiger partial charge on any atom is 0.308 e. The van der Waals surface area contributed by atoms with Gasteiger partial charge in [-0.15, -0.1) is 0 Å². The lowest BCUT2D eigenvalue weighted by Gasteiger charge is -2.17. The van der Waals surface area contributed by atoms with E-state index in [0.717, 1.165) is 89.9 Å². The van der Waals surface area contributed by atoms with Crippen molar-refractivity contribution in [1.29, 1.82) is 0 Å². The summed E-state index contributed by atoms with van der Waals surface area (Å²) in [7, 11) is 4.12. The molecule has 0 aromatic carbocycles. The Hall–Kier alpha value is -1.14. The maximum absolute atomic E-state index is 13.1. The molecule has 1 unspecified atom stereocenters. The van der Waals surface area contributed by atoms with E-state index in [0.29, 0.717) is 25.6 Å². The van der Waals surface area contributed by atoms with Crippen LogP contribution in [0.2, 0.25) is 0 Å². The van der Waals surface area contributed by atoms with Crippen molar-refractivity contribution in [2.45, 2.75) is 252 Å². The molecule has 0 rings (SSSR count). The van der Waals surface area contributed by atoms with Crippen molar-refractivity contribution >= 4 is 11.9 Å². The molecular weight excluding hydrogens is 707 g/mol. The second-order valence-electron chi connectivity index (χ2n) is 18.1. The van der Waals surface area contributed by atoms with E-state index in [1.807, 2.05) is 0 Å². The summed E-state index contributed by atoms with van der Waals surface area (Å²) in [6.07, 6.45) is 42.0. The molecule has 0 fully saturated rings. The molecule has 0 aliphatic heterocycles. The summed E-state index contributed by atoms with van der Waals surface area (Å²) in [4.78, 5) is 27.6. The fourth-order valence-corrected chi connectivity index (χ4v) is 8.26. The van der Waals surface area contributed by atoms with Gasteiger partial charge in [0.1, 0.15) is 0 Å². The summed E-state index contributed by atoms with van der Waals surface area (Å²) >= 11 is 0. The highest BCUT2D eigenvalue weighted by atomic mass is 16.5. The predicted molar refractivity (Wildman–Crippen MR) is 246 cm³/mol. The number of carbonyl (C=O) groups excluding carboxylic acids is 2. The van der Waals surface area contributed by atoms with E-state index in [1.165, 1.54) is 154 Å². The second-order valence-corrected chi connectivity index (χ2v) is 18.1. The first-order chi connectivity index (χ1) is 27.9. The van der Waals surface area contributed by atoms with Gasteiger partial charge >= 0.3 is 11.9 Å². The van der Waals surface area contributed by atoms with Crippen LogP contribution >= 0.6 is 0 Å². The number of ether oxygens (including phenoxy) is 3. The Morgan fingerprint density at radius 2 is 0.825 bits per heavy atom. The number of rotatable bonds is 46. The summed E-state index contributed by atoms with van der Waals surface area (Å²) in [5.41, 5.74) is 0. The van der Waals surface area contributed by atoms with E-state index in [2.05, 4.69) is 46.7 Å². The average molecular weight is 808 g/mol. The summed E-state index contributed by atoms with van der Waals surface area (Å²) in [6.45, 7) is 13.1. The van der Waals surface area contributed by atoms with Crippen LogP contribution in [0.15, 0.2) is 0 Å². The van der Waals surface area contributed by atoms with Crippen molar-refractivity contribution < 1.29 is 23.8 Å². The van der Waals surface area contributed by atoms with Gasteiger partial charge in [-0.25, -0.2) is 0 Å². The average Bonchev–Trinajstić information content (AvgIpc) is 3.19. The molecule has 0 aromatic rings. The second kappa shape index (κ2) is 44.4. The molecule has 0 radical (unpaired) electrons. The Bertz CT molecular complexity index is 814. The van der Waals surface area contributed by atoms with Crippen molar-refractivity contribution in [2.24, 2.45) is 17.8 Å². The Labute approximate surface area is 356 Å². The van der Waals surface area contributed by atoms with Crippen LogP contribution in [-0.4, -0.2) is 63.9 Å². The van der Waals surface area contributed by atoms with Crippen LogP contribution in [0.5, 0.6) is 0 Å². The molecule has 6 heteroatoms. The van der Waals surface area contributed by atoms with Crippen molar-refractivity contribution in [3.63, 3.8) is 0 Å². The van der Waals surface area contributed by atoms with E-state index < -0.39 is 0 Å². The molecule has 57 heavy (non-hydrogen) atoms. The van der Waals surface area contributed by atoms with Crippen LogP contribution in [-0.2, 0) is 23.8 Å². The molecular formula is C51H101NO5. The van der Waals surface area contributed by atoms with Gasteiger partial charge in [0.25, 0.3) is 0 Å². The predicted octanol–water partition coefficient (Wildman–Crippen LogP) is 15.2. The third-order valence-corrected chi connectivity index (χ3v) is 12.2. The normalized spacial score (nSPS) is 12.3. The minimum absolute atomic E-state index is 0.0162. The van der Waals surface area contributed by atoms with Crippen LogP contribution in [0.4, 0.5) is 0 Å². The molecule has 0 N–H and O–H groups in total. The highest BCUT2D eigenvalue weighted by molar-refractivity contribution is 5.72. The van der Waals surface area contributed by atoms with Gasteiger partial charge in [-0.2, -0.15) is 0 Å². The molecule has 340 valence electrons. The monoisotopic (exact) mass is 808 g/mol. The van der Waals surface area contributed by atoms with Gasteiger partial charge in [0.05, 0.1) is 19.1 Å². The van der Waals surface area contributed by atoms with Crippen LogP contribution in [0.3, 0.4) is 0 Å². The molecule has 0 saturated heterocycles. The Morgan fingerprint density at radius 3 is 1.30 bits per heavy atom. The van der Waals surface area contributed by atoms with Gasteiger partial charge in [-0.05, 0) is 70.9 Å². The topological polar surface area (TPSA) is 65.1 Å². The first kappa shape index (κ1) is 55.9. The summed E-state index contributed by atoms with van der Waals surface area (Å²) < 4.78 is 17.5. The Balaban J connectivity index is 4.21. The van der Waals surface area contributed by atoms with E-state index >= 15 is 0 Å². The van der Waals surface area contributed by atoms with E-state index in [9.17, 15) is 9.59 Å². The summed E-state index contributed by atoms with van der Waals surface area (Å²) in [6, 6.07) is 0. The van der Waals surface area contributed by atoms with Gasteiger partial charge in [0, 0.05) is 26.2 Å². The Morgan fingerprint density at radius 1 is 0.404 bits per heavy atom. The van der Waals surface area contributed by atoms with E-state index in [4.69, 9.17) is 14.2 Å². The number of esters is 2. The van der Waals surface area contributed by atoms with Gasteiger partial charge < -0.3 is 19.1 Å². The largest absolute Gasteiger partial charge is 0.466 e. The third-order valence-electron chi connectivity index (χ3n) is 12.2. The van der Waals surface area contributed by atoms with Crippen molar-refractivity contribution in [1.82, 2.24) is 4.90 Å². The van der Waals surface area contributed by atoms with Crippen molar-refractivity contribution in [3.05, 3.63) is 0 Å². The standard InChI is InChI=1S/C51H101NO5/c1-7-11-24-33-47(34-25-12-8-2)40-45-55-43-31-23-19-15-16-20-28-37-49(51(54)57-44-32-42-52(5)6)38-29-21-17-18-22-30-39-50(53)56-46-41-48(35-26-13-9-3)36-27-14-10-4/h47-49H,7-46H2,1-6H3. The van der Waals surface area contributed by atoms with Gasteiger partial charge in [0.2, 0.25) is 0 Å². The zero-order chi connectivity index (χ0) is 41.9. The molecule has 0 aliphatic carbocycles. The fourth-order valence-electron chi connectivity index (χ4n) is 8.26. The smallest absolute Gasteiger partial charge is 0.308 e. The summed E-state index contributed by atoms with van der Waals surface area (Å²) in [5, 5.41) is 0. The molecule has 1 atom stereocenters. The van der Waals surface area contributed by atoms with Crippen molar-refractivity contribution in [3.8, 4) is 0 Å². The lowest BCUT2D eigenvalue weighted by Crippen LogP contribution is -2.21. The lowest BCUT2D eigenvalue weighted by atomic mass is 9.92. The molecule has 0 bridgehead atoms. The molecule has 0 aliphatic rings. The number of unbranched alkanes of at least 4 members (excludes halogenated alkanes) is 19. The van der Waals surface area contributed by atoms with E-state index in [-0.39, 0.29) is 17.9 Å². The number of hydrogen-bond donors (Lipinski definition) is 0. The zero-order valence-electron chi connectivity index (χ0n) is 39.5. The molecule has 0 amide bonds. The number of hydrogen-bond acceptors (Lipinski definition) is 6. The first-order valence-electron chi connectivity index (χ1n) is 25.4. The third kappa shape index (κ3) is 40.1. The molecule has 6 nitrogen and oxygen atoms in total. The summed E-state index contributed by atoms with van der Waals surface area (Å²) in [5.74, 6) is 1.61. The van der Waals surface area contributed by atoms with Gasteiger partial charge in [-0.3, -0.25) is 9.59 Å². The van der Waals surface area contributed by atoms with Crippen LogP contribution in [0.1, 0.15) is 252 Å². The van der Waals surface area contributed by atoms with Crippen molar-refractivity contribution in [2.75, 3.05) is 47.1 Å². The van der Waals surface area contributed by atoms with Gasteiger partial charge in [0.15, 0.2) is 0 Å². The Kier molecular flexibility index (Phi) is 43.5. The minimum atomic E-state index is -0.0162. The van der Waals surface area contributed by atoms with E-state index in [1.54, 1.807) is 0 Å². The molecule has 0 heterocycles. The molecule has 0 saturated carbocycles. The maximum atomic E-state index is 13.1. The number of carbonyl (C=O) groups is 2. The van der Waals surface area contributed by atoms with Crippen LogP contribution in [0, 0.1) is 17.8 Å².